The van der Waals surface area contributed by atoms with Crippen LogP contribution in [0, 0.1) is 11.7 Å². The summed E-state index contributed by atoms with van der Waals surface area (Å²) in [7, 11) is 0. The SMILES string of the molecule is O=C(c1ccc(Br)cc1F)C1CCSC1. The highest BCUT2D eigenvalue weighted by atomic mass is 79.9. The molecule has 0 aliphatic carbocycles. The molecule has 1 saturated heterocycles. The molecule has 0 radical (unpaired) electrons. The third kappa shape index (κ3) is 2.42. The first-order valence-electron chi connectivity index (χ1n) is 4.75. The Hall–Kier alpha value is -0.350. The average Bonchev–Trinajstić information content (AvgIpc) is 2.69. The Labute approximate surface area is 101 Å². The normalized spacial score (nSPS) is 20.5. The number of ketones is 1. The number of halogens is 2. The Morgan fingerprint density at radius 1 is 1.53 bits per heavy atom. The number of carbonyl (C=O) groups is 1. The molecule has 0 bridgehead atoms. The van der Waals surface area contributed by atoms with Crippen LogP contribution in [-0.4, -0.2) is 17.3 Å². The third-order valence-corrected chi connectivity index (χ3v) is 4.15. The van der Waals surface area contributed by atoms with Crippen LogP contribution in [0.2, 0.25) is 0 Å². The fourth-order valence-corrected chi connectivity index (χ4v) is 3.20. The summed E-state index contributed by atoms with van der Waals surface area (Å²) in [6, 6.07) is 4.61. The van der Waals surface area contributed by atoms with Gasteiger partial charge in [0.2, 0.25) is 0 Å². The molecule has 1 aromatic rings. The van der Waals surface area contributed by atoms with Gasteiger partial charge < -0.3 is 0 Å². The second kappa shape index (κ2) is 4.66. The van der Waals surface area contributed by atoms with Crippen LogP contribution in [0.15, 0.2) is 22.7 Å². The monoisotopic (exact) mass is 288 g/mol. The van der Waals surface area contributed by atoms with E-state index < -0.39 is 5.82 Å². The van der Waals surface area contributed by atoms with Gasteiger partial charge in [0.25, 0.3) is 0 Å². The molecule has 15 heavy (non-hydrogen) atoms. The van der Waals surface area contributed by atoms with Crippen LogP contribution in [0.25, 0.3) is 0 Å². The highest BCUT2D eigenvalue weighted by molar-refractivity contribution is 9.10. The van der Waals surface area contributed by atoms with Crippen molar-refractivity contribution in [1.82, 2.24) is 0 Å². The van der Waals surface area contributed by atoms with Crippen LogP contribution in [0.3, 0.4) is 0 Å². The number of Topliss-reactive ketones (excluding diaryl/α,β-unsaturated/α-hetero) is 1. The Kier molecular flexibility index (Phi) is 3.46. The molecule has 0 aromatic heterocycles. The van der Waals surface area contributed by atoms with Gasteiger partial charge in [-0.15, -0.1) is 0 Å². The zero-order chi connectivity index (χ0) is 10.8. The van der Waals surface area contributed by atoms with Gasteiger partial charge in [0.05, 0.1) is 5.56 Å². The lowest BCUT2D eigenvalue weighted by molar-refractivity contribution is 0.0929. The van der Waals surface area contributed by atoms with Gasteiger partial charge in [-0.1, -0.05) is 15.9 Å². The van der Waals surface area contributed by atoms with Crippen LogP contribution in [-0.2, 0) is 0 Å². The summed E-state index contributed by atoms with van der Waals surface area (Å²) in [5, 5.41) is 0. The van der Waals surface area contributed by atoms with Crippen molar-refractivity contribution >= 4 is 33.5 Å². The molecule has 1 aliphatic heterocycles. The number of benzene rings is 1. The summed E-state index contributed by atoms with van der Waals surface area (Å²) in [5.74, 6) is 1.37. The topological polar surface area (TPSA) is 17.1 Å². The Bertz CT molecular complexity index is 388. The molecule has 1 aliphatic rings. The van der Waals surface area contributed by atoms with E-state index >= 15 is 0 Å². The molecule has 1 heterocycles. The highest BCUT2D eigenvalue weighted by Crippen LogP contribution is 2.28. The molecule has 0 amide bonds. The second-order valence-corrected chi connectivity index (χ2v) is 5.61. The number of rotatable bonds is 2. The van der Waals surface area contributed by atoms with E-state index in [2.05, 4.69) is 15.9 Å². The molecule has 80 valence electrons. The maximum Gasteiger partial charge on any atom is 0.169 e. The number of hydrogen-bond donors (Lipinski definition) is 0. The van der Waals surface area contributed by atoms with E-state index in [0.717, 1.165) is 17.9 Å². The van der Waals surface area contributed by atoms with Crippen molar-refractivity contribution < 1.29 is 9.18 Å². The molecule has 1 unspecified atom stereocenters. The van der Waals surface area contributed by atoms with Crippen molar-refractivity contribution in [3.05, 3.63) is 34.1 Å². The summed E-state index contributed by atoms with van der Waals surface area (Å²) in [5.41, 5.74) is 0.228. The maximum atomic E-state index is 13.5. The van der Waals surface area contributed by atoms with Gasteiger partial charge in [-0.05, 0) is 30.4 Å². The van der Waals surface area contributed by atoms with Gasteiger partial charge in [-0.2, -0.15) is 11.8 Å². The van der Waals surface area contributed by atoms with Crippen LogP contribution in [0.1, 0.15) is 16.8 Å². The Balaban J connectivity index is 2.24. The highest BCUT2D eigenvalue weighted by Gasteiger charge is 2.26. The summed E-state index contributed by atoms with van der Waals surface area (Å²) in [6.45, 7) is 0. The maximum absolute atomic E-state index is 13.5. The average molecular weight is 289 g/mol. The van der Waals surface area contributed by atoms with E-state index in [1.165, 1.54) is 6.07 Å². The van der Waals surface area contributed by atoms with Crippen LogP contribution < -0.4 is 0 Å². The summed E-state index contributed by atoms with van der Waals surface area (Å²) in [6.07, 6.45) is 0.874. The van der Waals surface area contributed by atoms with Crippen LogP contribution >= 0.6 is 27.7 Å². The molecule has 2 rings (SSSR count). The first-order chi connectivity index (χ1) is 7.18. The van der Waals surface area contributed by atoms with Crippen molar-refractivity contribution in [2.24, 2.45) is 5.92 Å². The molecule has 1 nitrogen and oxygen atoms in total. The fraction of sp³-hybridized carbons (Fsp3) is 0.364. The summed E-state index contributed by atoms with van der Waals surface area (Å²) in [4.78, 5) is 11.9. The van der Waals surface area contributed by atoms with E-state index in [4.69, 9.17) is 0 Å². The largest absolute Gasteiger partial charge is 0.294 e. The lowest BCUT2D eigenvalue weighted by Crippen LogP contribution is -2.15. The van der Waals surface area contributed by atoms with Gasteiger partial charge in [0.1, 0.15) is 5.82 Å². The van der Waals surface area contributed by atoms with Crippen molar-refractivity contribution in [1.29, 1.82) is 0 Å². The number of hydrogen-bond acceptors (Lipinski definition) is 2. The first kappa shape index (κ1) is 11.1. The molecular formula is C11H10BrFOS. The molecule has 0 saturated carbocycles. The molecule has 0 spiro atoms. The Morgan fingerprint density at radius 3 is 2.93 bits per heavy atom. The zero-order valence-corrected chi connectivity index (χ0v) is 10.4. The van der Waals surface area contributed by atoms with Crippen molar-refractivity contribution in [2.45, 2.75) is 6.42 Å². The molecule has 1 atom stereocenters. The minimum absolute atomic E-state index is 0.00526. The van der Waals surface area contributed by atoms with Gasteiger partial charge in [-0.3, -0.25) is 4.79 Å². The molecular weight excluding hydrogens is 279 g/mol. The van der Waals surface area contributed by atoms with Crippen molar-refractivity contribution in [3.8, 4) is 0 Å². The molecule has 1 aromatic carbocycles. The minimum atomic E-state index is -0.425. The third-order valence-electron chi connectivity index (χ3n) is 2.50. The van der Waals surface area contributed by atoms with Crippen molar-refractivity contribution in [2.75, 3.05) is 11.5 Å². The molecule has 4 heteroatoms. The van der Waals surface area contributed by atoms with Crippen LogP contribution in [0.4, 0.5) is 4.39 Å². The van der Waals surface area contributed by atoms with Crippen molar-refractivity contribution in [3.63, 3.8) is 0 Å². The van der Waals surface area contributed by atoms with E-state index in [-0.39, 0.29) is 17.3 Å². The first-order valence-corrected chi connectivity index (χ1v) is 6.70. The fourth-order valence-electron chi connectivity index (χ4n) is 1.65. The van der Waals surface area contributed by atoms with Gasteiger partial charge in [0.15, 0.2) is 5.78 Å². The van der Waals surface area contributed by atoms with E-state index in [0.29, 0.717) is 4.47 Å². The number of thioether (sulfide) groups is 1. The molecule has 0 N–H and O–H groups in total. The van der Waals surface area contributed by atoms with Crippen LogP contribution in [0.5, 0.6) is 0 Å². The summed E-state index contributed by atoms with van der Waals surface area (Å²) < 4.78 is 14.2. The quantitative estimate of drug-likeness (QED) is 0.775. The lowest BCUT2D eigenvalue weighted by atomic mass is 9.97. The smallest absolute Gasteiger partial charge is 0.169 e. The predicted octanol–water partition coefficient (Wildman–Crippen LogP) is 3.52. The zero-order valence-electron chi connectivity index (χ0n) is 8.00. The minimum Gasteiger partial charge on any atom is -0.294 e. The number of carbonyl (C=O) groups excluding carboxylic acids is 1. The predicted molar refractivity (Wildman–Crippen MR) is 63.9 cm³/mol. The van der Waals surface area contributed by atoms with Gasteiger partial charge >= 0.3 is 0 Å². The molecule has 1 fully saturated rings. The van der Waals surface area contributed by atoms with Gasteiger partial charge in [0, 0.05) is 16.1 Å². The Morgan fingerprint density at radius 2 is 2.33 bits per heavy atom. The van der Waals surface area contributed by atoms with E-state index in [1.807, 2.05) is 0 Å². The summed E-state index contributed by atoms with van der Waals surface area (Å²) >= 11 is 4.94. The van der Waals surface area contributed by atoms with E-state index in [1.54, 1.807) is 23.9 Å². The second-order valence-electron chi connectivity index (χ2n) is 3.55. The lowest BCUT2D eigenvalue weighted by Gasteiger charge is -2.08. The van der Waals surface area contributed by atoms with Gasteiger partial charge in [-0.25, -0.2) is 4.39 Å². The van der Waals surface area contributed by atoms with E-state index in [9.17, 15) is 9.18 Å². The standard InChI is InChI=1S/C11H10BrFOS/c12-8-1-2-9(10(13)5-8)11(14)7-3-4-15-6-7/h1-2,5,7H,3-4,6H2.